The van der Waals surface area contributed by atoms with Crippen LogP contribution >= 0.6 is 0 Å². The molecule has 0 spiro atoms. The fraction of sp³-hybridized carbons (Fsp3) is 0.647. The van der Waals surface area contributed by atoms with E-state index < -0.39 is 0 Å². The molecule has 2 heteroatoms. The Labute approximate surface area is 116 Å². The highest BCUT2D eigenvalue weighted by atomic mass is 16.5. The van der Waals surface area contributed by atoms with E-state index in [4.69, 9.17) is 10.5 Å². The van der Waals surface area contributed by atoms with E-state index in [2.05, 4.69) is 25.1 Å². The molecule has 0 aromatic heterocycles. The first-order valence-electron chi connectivity index (χ1n) is 7.57. The van der Waals surface area contributed by atoms with Crippen LogP contribution in [-0.2, 0) is 11.8 Å². The third-order valence-electron chi connectivity index (χ3n) is 5.55. The second-order valence-electron chi connectivity index (χ2n) is 6.53. The van der Waals surface area contributed by atoms with Crippen molar-refractivity contribution >= 4 is 0 Å². The predicted molar refractivity (Wildman–Crippen MR) is 78.7 cm³/mol. The van der Waals surface area contributed by atoms with Crippen LogP contribution in [0.15, 0.2) is 18.2 Å². The quantitative estimate of drug-likeness (QED) is 0.900. The number of benzene rings is 1. The molecular formula is C17H25NO. The average Bonchev–Trinajstić information content (AvgIpc) is 2.48. The maximum Gasteiger partial charge on any atom is 0.122 e. The van der Waals surface area contributed by atoms with Crippen LogP contribution in [0.3, 0.4) is 0 Å². The summed E-state index contributed by atoms with van der Waals surface area (Å²) in [4.78, 5) is 0. The minimum atomic E-state index is 0.136. The van der Waals surface area contributed by atoms with Gasteiger partial charge in [-0.3, -0.25) is 0 Å². The number of methoxy groups -OCH3 is 1. The fourth-order valence-electron chi connectivity index (χ4n) is 4.01. The van der Waals surface area contributed by atoms with Gasteiger partial charge in [0.25, 0.3) is 0 Å². The van der Waals surface area contributed by atoms with E-state index in [1.165, 1.54) is 49.7 Å². The first kappa shape index (κ1) is 13.0. The molecule has 2 N–H and O–H groups in total. The van der Waals surface area contributed by atoms with Crippen molar-refractivity contribution in [1.29, 1.82) is 0 Å². The maximum atomic E-state index is 6.43. The van der Waals surface area contributed by atoms with E-state index in [1.807, 2.05) is 0 Å². The first-order chi connectivity index (χ1) is 9.11. The van der Waals surface area contributed by atoms with Crippen LogP contribution < -0.4 is 10.5 Å². The van der Waals surface area contributed by atoms with E-state index in [1.54, 1.807) is 7.11 Å². The SMILES string of the molecule is CCc1ccc(OC)c(C23CCC(N)(CC2)CC3)c1. The number of hydrogen-bond acceptors (Lipinski definition) is 2. The third-order valence-corrected chi connectivity index (χ3v) is 5.55. The van der Waals surface area contributed by atoms with Gasteiger partial charge in [0.1, 0.15) is 5.75 Å². The highest BCUT2D eigenvalue weighted by Gasteiger charge is 2.48. The highest BCUT2D eigenvalue weighted by Crippen LogP contribution is 2.54. The van der Waals surface area contributed by atoms with E-state index in [9.17, 15) is 0 Å². The second-order valence-corrected chi connectivity index (χ2v) is 6.53. The van der Waals surface area contributed by atoms with Crippen molar-refractivity contribution in [3.8, 4) is 5.75 Å². The van der Waals surface area contributed by atoms with Crippen LogP contribution in [0.4, 0.5) is 0 Å². The lowest BCUT2D eigenvalue weighted by atomic mass is 9.55. The maximum absolute atomic E-state index is 6.43. The smallest absolute Gasteiger partial charge is 0.122 e. The number of rotatable bonds is 3. The zero-order chi connectivity index (χ0) is 13.5. The van der Waals surface area contributed by atoms with Crippen LogP contribution in [0.5, 0.6) is 5.75 Å². The lowest BCUT2D eigenvalue weighted by Gasteiger charge is -2.52. The number of fused-ring (bicyclic) bond motifs is 3. The molecule has 0 heterocycles. The van der Waals surface area contributed by atoms with Crippen LogP contribution in [-0.4, -0.2) is 12.6 Å². The molecule has 0 amide bonds. The van der Waals surface area contributed by atoms with Gasteiger partial charge in [-0.1, -0.05) is 19.1 Å². The lowest BCUT2D eigenvalue weighted by Crippen LogP contribution is -2.53. The van der Waals surface area contributed by atoms with Gasteiger partial charge in [-0.25, -0.2) is 0 Å². The Hall–Kier alpha value is -1.02. The van der Waals surface area contributed by atoms with Crippen LogP contribution in [0, 0.1) is 0 Å². The number of ether oxygens (including phenoxy) is 1. The zero-order valence-electron chi connectivity index (χ0n) is 12.2. The minimum absolute atomic E-state index is 0.136. The van der Waals surface area contributed by atoms with Crippen molar-refractivity contribution < 1.29 is 4.74 Å². The standard InChI is InChI=1S/C17H25NO/c1-3-13-4-5-15(19-2)14(12-13)16-6-9-17(18,10-7-16)11-8-16/h4-5,12H,3,6-11,18H2,1-2H3. The summed E-state index contributed by atoms with van der Waals surface area (Å²) < 4.78 is 5.64. The van der Waals surface area contributed by atoms with Gasteiger partial charge in [0.2, 0.25) is 0 Å². The van der Waals surface area contributed by atoms with Crippen molar-refractivity contribution in [2.75, 3.05) is 7.11 Å². The van der Waals surface area contributed by atoms with Gasteiger partial charge in [-0.15, -0.1) is 0 Å². The molecule has 3 saturated carbocycles. The molecule has 0 aliphatic heterocycles. The van der Waals surface area contributed by atoms with E-state index >= 15 is 0 Å². The van der Waals surface area contributed by atoms with Crippen LogP contribution in [0.1, 0.15) is 56.6 Å². The van der Waals surface area contributed by atoms with Gasteiger partial charge in [0.05, 0.1) is 7.11 Å². The van der Waals surface area contributed by atoms with Gasteiger partial charge in [-0.05, 0) is 62.0 Å². The molecule has 3 aliphatic rings. The highest BCUT2D eigenvalue weighted by molar-refractivity contribution is 5.44. The van der Waals surface area contributed by atoms with Crippen LogP contribution in [0.25, 0.3) is 0 Å². The van der Waals surface area contributed by atoms with Gasteiger partial charge < -0.3 is 10.5 Å². The van der Waals surface area contributed by atoms with E-state index in [-0.39, 0.29) is 5.54 Å². The molecule has 0 saturated heterocycles. The Morgan fingerprint density at radius 2 is 1.74 bits per heavy atom. The Kier molecular flexibility index (Phi) is 3.09. The molecule has 3 aliphatic carbocycles. The largest absolute Gasteiger partial charge is 0.496 e. The summed E-state index contributed by atoms with van der Waals surface area (Å²) in [6.07, 6.45) is 8.30. The normalized spacial score (nSPS) is 33.4. The van der Waals surface area contributed by atoms with Gasteiger partial charge in [0.15, 0.2) is 0 Å². The zero-order valence-corrected chi connectivity index (χ0v) is 12.2. The molecule has 104 valence electrons. The lowest BCUT2D eigenvalue weighted by molar-refractivity contribution is 0.105. The second kappa shape index (κ2) is 4.52. The van der Waals surface area contributed by atoms with Gasteiger partial charge in [0, 0.05) is 11.1 Å². The number of hydrogen-bond donors (Lipinski definition) is 1. The molecule has 0 unspecified atom stereocenters. The molecule has 4 rings (SSSR count). The molecule has 1 aromatic carbocycles. The van der Waals surface area contributed by atoms with Crippen molar-refractivity contribution in [3.63, 3.8) is 0 Å². The van der Waals surface area contributed by atoms with Gasteiger partial charge >= 0.3 is 0 Å². The minimum Gasteiger partial charge on any atom is -0.496 e. The monoisotopic (exact) mass is 259 g/mol. The molecule has 19 heavy (non-hydrogen) atoms. The average molecular weight is 259 g/mol. The topological polar surface area (TPSA) is 35.2 Å². The van der Waals surface area contributed by atoms with Crippen molar-refractivity contribution in [2.24, 2.45) is 5.73 Å². The van der Waals surface area contributed by atoms with Gasteiger partial charge in [-0.2, -0.15) is 0 Å². The number of aryl methyl sites for hydroxylation is 1. The summed E-state index contributed by atoms with van der Waals surface area (Å²) in [6.45, 7) is 2.22. The van der Waals surface area contributed by atoms with Crippen molar-refractivity contribution in [2.45, 2.75) is 62.8 Å². The summed E-state index contributed by atoms with van der Waals surface area (Å²) in [7, 11) is 1.79. The van der Waals surface area contributed by atoms with Crippen molar-refractivity contribution in [1.82, 2.24) is 0 Å². The van der Waals surface area contributed by atoms with Crippen LogP contribution in [0.2, 0.25) is 0 Å². The molecular weight excluding hydrogens is 234 g/mol. The summed E-state index contributed by atoms with van der Waals surface area (Å²) in [5.41, 5.74) is 9.75. The summed E-state index contributed by atoms with van der Waals surface area (Å²) in [5, 5.41) is 0. The van der Waals surface area contributed by atoms with E-state index in [0.717, 1.165) is 12.2 Å². The molecule has 1 aromatic rings. The Morgan fingerprint density at radius 1 is 1.11 bits per heavy atom. The van der Waals surface area contributed by atoms with Crippen molar-refractivity contribution in [3.05, 3.63) is 29.3 Å². The molecule has 0 atom stereocenters. The first-order valence-corrected chi connectivity index (χ1v) is 7.57. The summed E-state index contributed by atoms with van der Waals surface area (Å²) in [6, 6.07) is 6.73. The fourth-order valence-corrected chi connectivity index (χ4v) is 4.01. The summed E-state index contributed by atoms with van der Waals surface area (Å²) in [5.74, 6) is 1.07. The molecule has 3 fully saturated rings. The Bertz CT molecular complexity index is 456. The Morgan fingerprint density at radius 3 is 2.26 bits per heavy atom. The predicted octanol–water partition coefficient (Wildman–Crippen LogP) is 3.56. The Balaban J connectivity index is 2.01. The third kappa shape index (κ3) is 2.06. The molecule has 0 radical (unpaired) electrons. The molecule has 2 nitrogen and oxygen atoms in total. The number of nitrogens with two attached hydrogens (primary N) is 1. The molecule has 2 bridgehead atoms. The summed E-state index contributed by atoms with van der Waals surface area (Å²) >= 11 is 0. The van der Waals surface area contributed by atoms with E-state index in [0.29, 0.717) is 5.41 Å².